The molecule has 0 saturated carbocycles. The van der Waals surface area contributed by atoms with Gasteiger partial charge in [0.05, 0.1) is 28.2 Å². The number of hydrogen-bond acceptors (Lipinski definition) is 3. The van der Waals surface area contributed by atoms with Gasteiger partial charge in [-0.3, -0.25) is 9.89 Å². The summed E-state index contributed by atoms with van der Waals surface area (Å²) in [6.07, 6.45) is -4.58. The van der Waals surface area contributed by atoms with Crippen LogP contribution in [0.5, 0.6) is 0 Å². The van der Waals surface area contributed by atoms with Crippen LogP contribution in [0.25, 0.3) is 10.6 Å². The first kappa shape index (κ1) is 16.3. The molecule has 2 N–H and O–H groups in total. The minimum absolute atomic E-state index is 0.0589. The van der Waals surface area contributed by atoms with E-state index >= 15 is 0 Å². The Morgan fingerprint density at radius 1 is 1.21 bits per heavy atom. The summed E-state index contributed by atoms with van der Waals surface area (Å²) >= 11 is 1.52. The fourth-order valence-electron chi connectivity index (χ4n) is 2.20. The molecule has 0 saturated heterocycles. The molecule has 4 nitrogen and oxygen atoms in total. The van der Waals surface area contributed by atoms with Gasteiger partial charge in [0.2, 0.25) is 0 Å². The SMILES string of the molecule is O=C(NCc1cc(-c2cccs2)n[nH]1)c1ccccc1C(F)(F)F. The predicted molar refractivity (Wildman–Crippen MR) is 84.5 cm³/mol. The van der Waals surface area contributed by atoms with E-state index in [0.29, 0.717) is 5.69 Å². The number of aromatic nitrogens is 2. The quantitative estimate of drug-likeness (QED) is 0.744. The Labute approximate surface area is 139 Å². The Balaban J connectivity index is 1.71. The predicted octanol–water partition coefficient (Wildman–Crippen LogP) is 4.09. The molecule has 0 fully saturated rings. The van der Waals surface area contributed by atoms with Gasteiger partial charge in [-0.05, 0) is 29.6 Å². The molecule has 0 radical (unpaired) electrons. The van der Waals surface area contributed by atoms with Crippen molar-refractivity contribution in [2.75, 3.05) is 0 Å². The van der Waals surface area contributed by atoms with E-state index in [1.807, 2.05) is 17.5 Å². The average Bonchev–Trinajstić information content (AvgIpc) is 3.23. The summed E-state index contributed by atoms with van der Waals surface area (Å²) < 4.78 is 38.8. The highest BCUT2D eigenvalue weighted by atomic mass is 32.1. The van der Waals surface area contributed by atoms with Gasteiger partial charge < -0.3 is 5.32 Å². The minimum atomic E-state index is -4.58. The molecule has 124 valence electrons. The maximum absolute atomic E-state index is 12.9. The highest BCUT2D eigenvalue weighted by Gasteiger charge is 2.34. The lowest BCUT2D eigenvalue weighted by molar-refractivity contribution is -0.137. The number of carbonyl (C=O) groups is 1. The molecule has 24 heavy (non-hydrogen) atoms. The zero-order valence-corrected chi connectivity index (χ0v) is 13.0. The third kappa shape index (κ3) is 3.48. The normalized spacial score (nSPS) is 11.5. The number of nitrogens with one attached hydrogen (secondary N) is 2. The second-order valence-electron chi connectivity index (χ2n) is 4.98. The van der Waals surface area contributed by atoms with Crippen molar-refractivity contribution in [1.29, 1.82) is 0 Å². The van der Waals surface area contributed by atoms with E-state index in [9.17, 15) is 18.0 Å². The molecular formula is C16H12F3N3OS. The Bertz CT molecular complexity index is 840. The lowest BCUT2D eigenvalue weighted by Gasteiger charge is -2.12. The van der Waals surface area contributed by atoms with Crippen LogP contribution >= 0.6 is 11.3 Å². The van der Waals surface area contributed by atoms with Crippen molar-refractivity contribution in [3.05, 3.63) is 64.7 Å². The standard InChI is InChI=1S/C16H12F3N3OS/c17-16(18,19)12-5-2-1-4-11(12)15(23)20-9-10-8-13(22-21-10)14-6-3-7-24-14/h1-8H,9H2,(H,20,23)(H,21,22). The van der Waals surface area contributed by atoms with Gasteiger partial charge in [0, 0.05) is 0 Å². The van der Waals surface area contributed by atoms with E-state index in [4.69, 9.17) is 0 Å². The molecule has 2 heterocycles. The first-order chi connectivity index (χ1) is 11.4. The lowest BCUT2D eigenvalue weighted by atomic mass is 10.1. The summed E-state index contributed by atoms with van der Waals surface area (Å²) in [6.45, 7) is 0.0589. The highest BCUT2D eigenvalue weighted by Crippen LogP contribution is 2.31. The minimum Gasteiger partial charge on any atom is -0.346 e. The van der Waals surface area contributed by atoms with Crippen LogP contribution in [0.4, 0.5) is 13.2 Å². The van der Waals surface area contributed by atoms with Crippen LogP contribution in [0, 0.1) is 0 Å². The van der Waals surface area contributed by atoms with Gasteiger partial charge in [-0.25, -0.2) is 0 Å². The van der Waals surface area contributed by atoms with Gasteiger partial charge in [0.1, 0.15) is 5.69 Å². The molecule has 0 atom stereocenters. The molecule has 0 bridgehead atoms. The Morgan fingerprint density at radius 3 is 2.71 bits per heavy atom. The fraction of sp³-hybridized carbons (Fsp3) is 0.125. The van der Waals surface area contributed by atoms with Crippen molar-refractivity contribution < 1.29 is 18.0 Å². The number of thiophene rings is 1. The number of aromatic amines is 1. The van der Waals surface area contributed by atoms with Gasteiger partial charge in [0.15, 0.2) is 0 Å². The van der Waals surface area contributed by atoms with Crippen molar-refractivity contribution in [2.45, 2.75) is 12.7 Å². The van der Waals surface area contributed by atoms with Crippen LogP contribution in [-0.2, 0) is 12.7 Å². The van der Waals surface area contributed by atoms with E-state index in [1.165, 1.54) is 23.5 Å². The van der Waals surface area contributed by atoms with Crippen LogP contribution in [0.1, 0.15) is 21.6 Å². The second kappa shape index (κ2) is 6.48. The maximum atomic E-state index is 12.9. The zero-order valence-electron chi connectivity index (χ0n) is 12.2. The molecule has 0 unspecified atom stereocenters. The summed E-state index contributed by atoms with van der Waals surface area (Å²) in [4.78, 5) is 13.0. The Kier molecular flexibility index (Phi) is 4.39. The molecule has 0 aliphatic heterocycles. The van der Waals surface area contributed by atoms with Gasteiger partial charge >= 0.3 is 6.18 Å². The molecule has 1 amide bonds. The first-order valence-corrected chi connectivity index (χ1v) is 7.85. The highest BCUT2D eigenvalue weighted by molar-refractivity contribution is 7.13. The molecule has 3 rings (SSSR count). The lowest BCUT2D eigenvalue weighted by Crippen LogP contribution is -2.26. The van der Waals surface area contributed by atoms with Crippen LogP contribution in [-0.4, -0.2) is 16.1 Å². The smallest absolute Gasteiger partial charge is 0.346 e. The van der Waals surface area contributed by atoms with Crippen molar-refractivity contribution in [1.82, 2.24) is 15.5 Å². The summed E-state index contributed by atoms with van der Waals surface area (Å²) in [6, 6.07) is 10.2. The number of benzene rings is 1. The number of H-pyrrole nitrogens is 1. The van der Waals surface area contributed by atoms with E-state index in [-0.39, 0.29) is 6.54 Å². The molecule has 0 aliphatic carbocycles. The average molecular weight is 351 g/mol. The monoisotopic (exact) mass is 351 g/mol. The third-order valence-corrected chi connectivity index (χ3v) is 4.21. The van der Waals surface area contributed by atoms with Crippen LogP contribution in [0.3, 0.4) is 0 Å². The number of rotatable bonds is 4. The Morgan fingerprint density at radius 2 is 2.00 bits per heavy atom. The van der Waals surface area contributed by atoms with Crippen molar-refractivity contribution in [2.24, 2.45) is 0 Å². The summed E-state index contributed by atoms with van der Waals surface area (Å²) in [5.41, 5.74) is -0.0180. The van der Waals surface area contributed by atoms with Crippen molar-refractivity contribution in [3.8, 4) is 10.6 Å². The summed E-state index contributed by atoms with van der Waals surface area (Å²) in [5, 5.41) is 11.3. The van der Waals surface area contributed by atoms with E-state index < -0.39 is 23.2 Å². The number of hydrogen-bond donors (Lipinski definition) is 2. The van der Waals surface area contributed by atoms with Crippen molar-refractivity contribution in [3.63, 3.8) is 0 Å². The molecule has 1 aromatic carbocycles. The van der Waals surface area contributed by atoms with E-state index in [2.05, 4.69) is 15.5 Å². The molecule has 3 aromatic rings. The van der Waals surface area contributed by atoms with E-state index in [1.54, 1.807) is 6.07 Å². The maximum Gasteiger partial charge on any atom is 0.417 e. The third-order valence-electron chi connectivity index (χ3n) is 3.32. The molecule has 0 aliphatic rings. The van der Waals surface area contributed by atoms with Gasteiger partial charge in [-0.2, -0.15) is 18.3 Å². The molecular weight excluding hydrogens is 339 g/mol. The number of halogens is 3. The fourth-order valence-corrected chi connectivity index (χ4v) is 2.89. The largest absolute Gasteiger partial charge is 0.417 e. The van der Waals surface area contributed by atoms with Gasteiger partial charge in [-0.15, -0.1) is 11.3 Å². The van der Waals surface area contributed by atoms with E-state index in [0.717, 1.165) is 22.7 Å². The molecule has 2 aromatic heterocycles. The van der Waals surface area contributed by atoms with Crippen LogP contribution in [0.15, 0.2) is 47.8 Å². The number of carbonyl (C=O) groups excluding carboxylic acids is 1. The Hall–Kier alpha value is -2.61. The first-order valence-electron chi connectivity index (χ1n) is 6.98. The zero-order chi connectivity index (χ0) is 17.2. The topological polar surface area (TPSA) is 57.8 Å². The number of nitrogens with zero attached hydrogens (tertiary/aromatic N) is 1. The van der Waals surface area contributed by atoms with Crippen molar-refractivity contribution >= 4 is 17.2 Å². The molecule has 8 heteroatoms. The van der Waals surface area contributed by atoms with Gasteiger partial charge in [-0.1, -0.05) is 18.2 Å². The number of amides is 1. The van der Waals surface area contributed by atoms with Gasteiger partial charge in [0.25, 0.3) is 5.91 Å². The van der Waals surface area contributed by atoms with Crippen LogP contribution < -0.4 is 5.32 Å². The summed E-state index contributed by atoms with van der Waals surface area (Å²) in [5.74, 6) is -0.782. The number of alkyl halides is 3. The second-order valence-corrected chi connectivity index (χ2v) is 5.93. The summed E-state index contributed by atoms with van der Waals surface area (Å²) in [7, 11) is 0. The van der Waals surface area contributed by atoms with Crippen LogP contribution in [0.2, 0.25) is 0 Å². The molecule has 0 spiro atoms.